The van der Waals surface area contributed by atoms with Crippen molar-refractivity contribution in [2.75, 3.05) is 142 Å². The van der Waals surface area contributed by atoms with Crippen LogP contribution < -0.4 is 48.1 Å². The van der Waals surface area contributed by atoms with Gasteiger partial charge in [0.05, 0.1) is 38.1 Å². The lowest BCUT2D eigenvalue weighted by Crippen LogP contribution is -2.50. The smallest absolute Gasteiger partial charge is 0.263 e. The van der Waals surface area contributed by atoms with Gasteiger partial charge in [0.2, 0.25) is 28.8 Å². The molecule has 0 unspecified atom stereocenters. The van der Waals surface area contributed by atoms with Crippen molar-refractivity contribution in [3.63, 3.8) is 0 Å². The van der Waals surface area contributed by atoms with Crippen LogP contribution in [0.3, 0.4) is 0 Å². The molecule has 4 amide bonds. The Kier molecular flexibility index (Phi) is 30.9. The summed E-state index contributed by atoms with van der Waals surface area (Å²) in [7, 11) is -14.9. The van der Waals surface area contributed by atoms with Gasteiger partial charge < -0.3 is 48.5 Å². The summed E-state index contributed by atoms with van der Waals surface area (Å²) in [6.45, 7) is 12.9. The molecule has 2 atom stereocenters. The second-order valence-electron chi connectivity index (χ2n) is 31.4. The predicted molar refractivity (Wildman–Crippen MR) is 530 cm³/mol. The monoisotopic (exact) mass is 2000 g/mol. The van der Waals surface area contributed by atoms with Crippen molar-refractivity contribution in [1.82, 2.24) is 54.4 Å². The molecule has 0 bridgehead atoms. The topological polar surface area (TPSA) is 383 Å². The summed E-state index contributed by atoms with van der Waals surface area (Å²) in [5.74, 6) is 0.743. The molecular formula is C91H104Cl3FN20O13S6. The minimum absolute atomic E-state index is 0. The van der Waals surface area contributed by atoms with E-state index in [1.54, 1.807) is 106 Å². The number of aromatic nitrogens is 8. The first-order chi connectivity index (χ1) is 64.5. The number of halogens is 4. The lowest BCUT2D eigenvalue weighted by atomic mass is 10.1. The Labute approximate surface area is 806 Å². The standard InChI is InChI=1S/C25H28ClN5O4S.C23H23ClN6O3S2.C22H21ClFN5O3S.C21H20N4O3S2.6H2/c1-19-17-20(26)4-9-23(19)35-16-2-3-25(32)31-14-12-30(13-15-31)21-5-7-22(8-6-21)36(33,34)29-24-10-11-27-18-28-24;1-16(30-9-8-17-2-3-18(24)14-21(17)30)22(31)29-12-10-28(11-13-29)19-4-6-20(7-5-19)35(32,33)27-23-26-25-15-34-23;23-19-2-1-3-20(24)18(19)14-22(30)29-12-10-28(11-13-29)16-4-6-17(7-5-16)33(31,32)27-21-8-9-25-15-26-21;26-20-19(25-12-9-15-3-1-2-4-18(15)25)10-13-24(20)16-5-7-17(8-6-16)30(27,28)23-21-22-11-14-29-21;;;;;;/h4-11,17-18H,2-3,12-16H2,1H3,(H,27,28,29);2-9,14-16H,10-13H2,1H3,(H,26,27);1-9,15H,10-14H2,(H,25,26,27);1-8,11,14,19H,9-10,12-13H2,(H,22,23);6*1H/t;16-;;19-;;;;;;/m.1.0....../s1. The number of nitrogens with one attached hydrogen (secondary N) is 4. The number of fused-ring (bicyclic) bond motifs is 2. The molecule has 710 valence electrons. The van der Waals surface area contributed by atoms with Crippen LogP contribution in [-0.4, -0.2) is 216 Å². The molecule has 4 N–H and O–H groups in total. The maximum Gasteiger partial charge on any atom is 0.263 e. The average molecular weight is 2000 g/mol. The van der Waals surface area contributed by atoms with E-state index in [1.165, 1.54) is 96.0 Å². The number of benzene rings is 8. The van der Waals surface area contributed by atoms with Crippen LogP contribution in [0.25, 0.3) is 10.9 Å². The zero-order chi connectivity index (χ0) is 94.3. The molecule has 33 nitrogen and oxygen atoms in total. The highest BCUT2D eigenvalue weighted by Gasteiger charge is 2.40. The van der Waals surface area contributed by atoms with Crippen LogP contribution in [0.15, 0.2) is 262 Å². The van der Waals surface area contributed by atoms with E-state index in [4.69, 9.17) is 39.5 Å². The van der Waals surface area contributed by atoms with Gasteiger partial charge in [0.1, 0.15) is 53.5 Å². The van der Waals surface area contributed by atoms with Gasteiger partial charge >= 0.3 is 0 Å². The minimum Gasteiger partial charge on any atom is -0.493 e. The van der Waals surface area contributed by atoms with Crippen LogP contribution in [0.1, 0.15) is 57.5 Å². The first kappa shape index (κ1) is 95.9. The SMILES string of the molecule is C[C@H](C(=O)N1CCN(c2ccc(S(=O)(=O)Nc3nncs3)cc2)CC1)n1ccc2ccc(Cl)cc21.Cc1cc(Cl)ccc1OCCCC(=O)N1CCN(c2ccc(S(=O)(=O)Nc3ccncn3)cc2)CC1.O=C(Cc1c(F)cccc1Cl)N1CCN(c2ccc(S(=O)(=O)Nc3ccncn3)cc2)CC1.O=C1[C@@H](N2CCc3ccccc32)CCN1c1ccc(S(=O)(=O)Nc2nccs2)cc1.[HH].[HH].[HH].[HH].[HH].[HH]. The second-order valence-corrected chi connectivity index (χ2v) is 41.2. The first-order valence-electron chi connectivity index (χ1n) is 42.5. The molecule has 5 aliphatic rings. The van der Waals surface area contributed by atoms with Crippen LogP contribution in [0.2, 0.25) is 15.1 Å². The fraction of sp³-hybridized carbons (Fsp3) is 0.264. The van der Waals surface area contributed by atoms with Crippen molar-refractivity contribution < 1.29 is 70.5 Å². The van der Waals surface area contributed by atoms with Gasteiger partial charge in [-0.25, -0.2) is 63.0 Å². The van der Waals surface area contributed by atoms with Crippen LogP contribution >= 0.6 is 57.5 Å². The fourth-order valence-electron chi connectivity index (χ4n) is 15.9. The zero-order valence-electron chi connectivity index (χ0n) is 72.3. The third-order valence-electron chi connectivity index (χ3n) is 23.0. The highest BCUT2D eigenvalue weighted by Crippen LogP contribution is 2.37. The van der Waals surface area contributed by atoms with Gasteiger partial charge in [0.15, 0.2) is 5.13 Å². The molecule has 10 heterocycles. The van der Waals surface area contributed by atoms with Crippen LogP contribution in [-0.2, 0) is 72.1 Å². The molecule has 4 saturated heterocycles. The number of ether oxygens (including phenoxy) is 1. The fourth-order valence-corrected chi connectivity index (χ4v) is 22.0. The predicted octanol–water partition coefficient (Wildman–Crippen LogP) is 15.2. The second kappa shape index (κ2) is 43.1. The summed E-state index contributed by atoms with van der Waals surface area (Å²) < 4.78 is 132. The molecule has 5 aliphatic heterocycles. The highest BCUT2D eigenvalue weighted by atomic mass is 35.5. The number of amides is 4. The lowest BCUT2D eigenvalue weighted by Gasteiger charge is -2.37. The van der Waals surface area contributed by atoms with E-state index in [-0.39, 0.29) is 97.6 Å². The molecule has 43 heteroatoms. The number of aryl methyl sites for hydroxylation is 1. The summed E-state index contributed by atoms with van der Waals surface area (Å²) in [4.78, 5) is 87.1. The summed E-state index contributed by atoms with van der Waals surface area (Å²) in [6.07, 6.45) is 11.6. The van der Waals surface area contributed by atoms with E-state index in [9.17, 15) is 57.2 Å². The Balaban J connectivity index is 0.000000206. The molecule has 0 spiro atoms. The molecule has 5 aromatic heterocycles. The molecular weight excluding hydrogens is 1900 g/mol. The van der Waals surface area contributed by atoms with Crippen molar-refractivity contribution in [3.05, 3.63) is 280 Å². The van der Waals surface area contributed by atoms with Crippen LogP contribution in [0, 0.1) is 12.7 Å². The number of para-hydroxylation sites is 1. The summed E-state index contributed by atoms with van der Waals surface area (Å²) >= 11 is 20.5. The Morgan fingerprint density at radius 1 is 0.537 bits per heavy atom. The van der Waals surface area contributed by atoms with Crippen LogP contribution in [0.4, 0.5) is 54.7 Å². The van der Waals surface area contributed by atoms with Gasteiger partial charge in [-0.05, 0) is 213 Å². The number of thiazole rings is 1. The van der Waals surface area contributed by atoms with Gasteiger partial charge in [-0.15, -0.1) is 21.5 Å². The molecule has 8 aromatic carbocycles. The average Bonchev–Trinajstić information content (AvgIpc) is 1.62. The molecule has 134 heavy (non-hydrogen) atoms. The zero-order valence-corrected chi connectivity index (χ0v) is 79.5. The number of nitrogens with zero attached hydrogens (tertiary/aromatic N) is 16. The molecule has 18 rings (SSSR count). The van der Waals surface area contributed by atoms with Crippen molar-refractivity contribution in [3.8, 4) is 5.75 Å². The van der Waals surface area contributed by atoms with Gasteiger partial charge in [-0.1, -0.05) is 76.5 Å². The van der Waals surface area contributed by atoms with Crippen molar-refractivity contribution in [2.45, 2.75) is 77.6 Å². The molecule has 0 aliphatic carbocycles. The van der Waals surface area contributed by atoms with Gasteiger partial charge in [-0.3, -0.25) is 38.1 Å². The largest absolute Gasteiger partial charge is 0.493 e. The van der Waals surface area contributed by atoms with Crippen molar-refractivity contribution in [2.24, 2.45) is 0 Å². The van der Waals surface area contributed by atoms with E-state index < -0.39 is 45.9 Å². The normalized spacial score (nSPS) is 15.4. The third kappa shape index (κ3) is 23.9. The summed E-state index contributed by atoms with van der Waals surface area (Å²) in [6, 6.07) is 54.5. The van der Waals surface area contributed by atoms with Crippen LogP contribution in [0.5, 0.6) is 5.75 Å². The lowest BCUT2D eigenvalue weighted by molar-refractivity contribution is -0.134. The Hall–Kier alpha value is -12.7. The number of piperazine rings is 3. The quantitative estimate of drug-likeness (QED) is 0.0366. The van der Waals surface area contributed by atoms with E-state index in [1.807, 2.05) is 82.9 Å². The number of anilines is 9. The number of rotatable bonds is 26. The Morgan fingerprint density at radius 3 is 1.58 bits per heavy atom. The molecule has 0 saturated carbocycles. The number of hydrogen-bond donors (Lipinski definition) is 4. The summed E-state index contributed by atoms with van der Waals surface area (Å²) in [5, 5.41) is 12.2. The third-order valence-corrected chi connectivity index (χ3v) is 30.8. The van der Waals surface area contributed by atoms with Crippen molar-refractivity contribution in [1.29, 1.82) is 0 Å². The van der Waals surface area contributed by atoms with Gasteiger partial charge in [-0.2, -0.15) is 0 Å². The number of carbonyl (C=O) groups excluding carboxylic acids is 4. The maximum absolute atomic E-state index is 14.0. The van der Waals surface area contributed by atoms with E-state index >= 15 is 0 Å². The number of sulfonamides is 4. The Morgan fingerprint density at radius 2 is 1.06 bits per heavy atom. The minimum atomic E-state index is -3.77. The maximum atomic E-state index is 14.0. The molecule has 4 fully saturated rings. The molecule has 13 aromatic rings. The summed E-state index contributed by atoms with van der Waals surface area (Å²) in [5.41, 5.74) is 9.38. The van der Waals surface area contributed by atoms with Crippen molar-refractivity contribution >= 4 is 182 Å². The van der Waals surface area contributed by atoms with Gasteiger partial charge in [0, 0.05) is 186 Å². The van der Waals surface area contributed by atoms with E-state index in [2.05, 4.69) is 85.7 Å². The number of carbonyl (C=O) groups is 4. The molecule has 0 radical (unpaired) electrons. The Bertz CT molecular complexity index is 6780. The number of hydrogen-bond acceptors (Lipinski definition) is 26. The van der Waals surface area contributed by atoms with Gasteiger partial charge in [0.25, 0.3) is 40.1 Å². The highest BCUT2D eigenvalue weighted by molar-refractivity contribution is 7.93. The van der Waals surface area contributed by atoms with E-state index in [0.29, 0.717) is 125 Å². The van der Waals surface area contributed by atoms with E-state index in [0.717, 1.165) is 75.7 Å². The first-order valence-corrected chi connectivity index (χ1v) is 51.3.